The van der Waals surface area contributed by atoms with Crippen molar-refractivity contribution in [2.24, 2.45) is 0 Å². The number of halogens is 2. The van der Waals surface area contributed by atoms with E-state index in [1.807, 2.05) is 43.3 Å². The normalized spacial score (nSPS) is 12.1. The summed E-state index contributed by atoms with van der Waals surface area (Å²) in [5.74, 6) is 0.306. The number of likely N-dealkylation sites (N-methyl/N-ethyl adjacent to an activating group) is 1. The van der Waals surface area contributed by atoms with E-state index in [1.165, 1.54) is 18.2 Å². The minimum Gasteiger partial charge on any atom is -0.496 e. The van der Waals surface area contributed by atoms with Gasteiger partial charge in [0.1, 0.15) is 11.5 Å². The number of carbonyl (C=O) groups excluding carboxylic acids is 1. The van der Waals surface area contributed by atoms with E-state index in [2.05, 4.69) is 10.1 Å². The third-order valence-corrected chi connectivity index (χ3v) is 3.90. The SMILES string of the molecule is COc1ccccc1C(CNC(=O)c1cccc(OC(F)F)c1)N(C)C. The van der Waals surface area contributed by atoms with Crippen molar-refractivity contribution < 1.29 is 23.0 Å². The van der Waals surface area contributed by atoms with Gasteiger partial charge < -0.3 is 19.7 Å². The number of carbonyl (C=O) groups is 1. The van der Waals surface area contributed by atoms with Crippen LogP contribution in [0.5, 0.6) is 11.5 Å². The van der Waals surface area contributed by atoms with E-state index in [-0.39, 0.29) is 23.3 Å². The first-order valence-corrected chi connectivity index (χ1v) is 8.04. The molecule has 0 aliphatic carbocycles. The second kappa shape index (κ2) is 9.15. The standard InChI is InChI=1S/C19H22F2N2O3/c1-23(2)16(15-9-4-5-10-17(15)25-3)12-22-18(24)13-7-6-8-14(11-13)26-19(20)21/h4-11,16,19H,12H2,1-3H3,(H,22,24). The molecule has 140 valence electrons. The summed E-state index contributed by atoms with van der Waals surface area (Å²) in [7, 11) is 5.40. The lowest BCUT2D eigenvalue weighted by Crippen LogP contribution is -2.34. The van der Waals surface area contributed by atoms with Crippen molar-refractivity contribution in [3.05, 3.63) is 59.7 Å². The zero-order chi connectivity index (χ0) is 19.1. The Morgan fingerprint density at radius 3 is 2.54 bits per heavy atom. The highest BCUT2D eigenvalue weighted by Gasteiger charge is 2.19. The summed E-state index contributed by atoms with van der Waals surface area (Å²) in [4.78, 5) is 14.4. The van der Waals surface area contributed by atoms with Crippen LogP contribution < -0.4 is 14.8 Å². The topological polar surface area (TPSA) is 50.8 Å². The molecule has 2 aromatic carbocycles. The average molecular weight is 364 g/mol. The quantitative estimate of drug-likeness (QED) is 0.781. The van der Waals surface area contributed by atoms with Crippen molar-refractivity contribution >= 4 is 5.91 Å². The number of nitrogens with one attached hydrogen (secondary N) is 1. The van der Waals surface area contributed by atoms with Crippen LogP contribution in [-0.4, -0.2) is 45.2 Å². The van der Waals surface area contributed by atoms with Crippen LogP contribution in [0, 0.1) is 0 Å². The van der Waals surface area contributed by atoms with Gasteiger partial charge in [0.2, 0.25) is 0 Å². The van der Waals surface area contributed by atoms with E-state index in [0.29, 0.717) is 6.54 Å². The number of benzene rings is 2. The second-order valence-corrected chi connectivity index (χ2v) is 5.84. The van der Waals surface area contributed by atoms with E-state index in [4.69, 9.17) is 4.74 Å². The van der Waals surface area contributed by atoms with Gasteiger partial charge in [0, 0.05) is 17.7 Å². The largest absolute Gasteiger partial charge is 0.496 e. The molecule has 0 saturated heterocycles. The molecule has 0 spiro atoms. The second-order valence-electron chi connectivity index (χ2n) is 5.84. The van der Waals surface area contributed by atoms with E-state index in [1.54, 1.807) is 13.2 Å². The van der Waals surface area contributed by atoms with Crippen LogP contribution in [0.4, 0.5) is 8.78 Å². The third-order valence-electron chi connectivity index (χ3n) is 3.90. The Morgan fingerprint density at radius 2 is 1.88 bits per heavy atom. The maximum atomic E-state index is 12.4. The minimum absolute atomic E-state index is 0.0541. The predicted octanol–water partition coefficient (Wildman–Crippen LogP) is 3.33. The zero-order valence-corrected chi connectivity index (χ0v) is 14.9. The maximum absolute atomic E-state index is 12.4. The van der Waals surface area contributed by atoms with Crippen LogP contribution in [0.25, 0.3) is 0 Å². The number of rotatable bonds is 8. The summed E-state index contributed by atoms with van der Waals surface area (Å²) in [6.45, 7) is -2.61. The van der Waals surface area contributed by atoms with E-state index in [0.717, 1.165) is 11.3 Å². The van der Waals surface area contributed by atoms with Gasteiger partial charge in [0.25, 0.3) is 5.91 Å². The lowest BCUT2D eigenvalue weighted by atomic mass is 10.0. The van der Waals surface area contributed by atoms with Crippen molar-refractivity contribution in [2.45, 2.75) is 12.7 Å². The Hall–Kier alpha value is -2.67. The Bertz CT molecular complexity index is 738. The monoisotopic (exact) mass is 364 g/mol. The number of hydrogen-bond donors (Lipinski definition) is 1. The first-order chi connectivity index (χ1) is 12.4. The predicted molar refractivity (Wildman–Crippen MR) is 94.8 cm³/mol. The first-order valence-electron chi connectivity index (χ1n) is 8.04. The Kier molecular flexibility index (Phi) is 6.91. The zero-order valence-electron chi connectivity index (χ0n) is 14.9. The Labute approximate surface area is 151 Å². The van der Waals surface area contributed by atoms with Crippen molar-refractivity contribution in [3.63, 3.8) is 0 Å². The molecule has 0 saturated carbocycles. The number of para-hydroxylation sites is 1. The third kappa shape index (κ3) is 5.16. The van der Waals surface area contributed by atoms with Gasteiger partial charge in [-0.3, -0.25) is 4.79 Å². The number of hydrogen-bond acceptors (Lipinski definition) is 4. The van der Waals surface area contributed by atoms with Gasteiger partial charge in [-0.15, -0.1) is 0 Å². The average Bonchev–Trinajstić information content (AvgIpc) is 2.61. The smallest absolute Gasteiger partial charge is 0.387 e. The molecule has 1 unspecified atom stereocenters. The van der Waals surface area contributed by atoms with Gasteiger partial charge in [-0.25, -0.2) is 0 Å². The molecular formula is C19H22F2N2O3. The molecule has 26 heavy (non-hydrogen) atoms. The molecule has 0 aliphatic heterocycles. The van der Waals surface area contributed by atoms with Crippen LogP contribution in [0.1, 0.15) is 22.0 Å². The molecule has 0 bridgehead atoms. The molecule has 1 N–H and O–H groups in total. The molecular weight excluding hydrogens is 342 g/mol. The van der Waals surface area contributed by atoms with Gasteiger partial charge in [-0.2, -0.15) is 8.78 Å². The van der Waals surface area contributed by atoms with Gasteiger partial charge >= 0.3 is 6.61 Å². The van der Waals surface area contributed by atoms with Crippen molar-refractivity contribution in [2.75, 3.05) is 27.7 Å². The highest BCUT2D eigenvalue weighted by Crippen LogP contribution is 2.27. The summed E-state index contributed by atoms with van der Waals surface area (Å²) in [6, 6.07) is 13.2. The van der Waals surface area contributed by atoms with Crippen molar-refractivity contribution in [3.8, 4) is 11.5 Å². The van der Waals surface area contributed by atoms with Gasteiger partial charge in [-0.05, 0) is 38.4 Å². The van der Waals surface area contributed by atoms with E-state index >= 15 is 0 Å². The minimum atomic E-state index is -2.93. The lowest BCUT2D eigenvalue weighted by Gasteiger charge is -2.26. The molecule has 2 rings (SSSR count). The fourth-order valence-electron chi connectivity index (χ4n) is 2.62. The molecule has 0 heterocycles. The number of ether oxygens (including phenoxy) is 2. The van der Waals surface area contributed by atoms with Crippen molar-refractivity contribution in [1.82, 2.24) is 10.2 Å². The Balaban J connectivity index is 2.11. The molecule has 5 nitrogen and oxygen atoms in total. The van der Waals surface area contributed by atoms with Crippen LogP contribution >= 0.6 is 0 Å². The summed E-state index contributed by atoms with van der Waals surface area (Å²) in [6.07, 6.45) is 0. The highest BCUT2D eigenvalue weighted by molar-refractivity contribution is 5.94. The summed E-state index contributed by atoms with van der Waals surface area (Å²) < 4.78 is 34.4. The molecule has 1 amide bonds. The fraction of sp³-hybridized carbons (Fsp3) is 0.316. The molecule has 7 heteroatoms. The summed E-state index contributed by atoms with van der Waals surface area (Å²) >= 11 is 0. The number of methoxy groups -OCH3 is 1. The maximum Gasteiger partial charge on any atom is 0.387 e. The number of nitrogens with zero attached hydrogens (tertiary/aromatic N) is 1. The van der Waals surface area contributed by atoms with Crippen LogP contribution in [0.2, 0.25) is 0 Å². The molecule has 1 atom stereocenters. The van der Waals surface area contributed by atoms with Crippen LogP contribution in [-0.2, 0) is 0 Å². The molecule has 0 aliphatic rings. The summed E-state index contributed by atoms with van der Waals surface area (Å²) in [5, 5.41) is 2.83. The summed E-state index contributed by atoms with van der Waals surface area (Å²) in [5.41, 5.74) is 1.19. The molecule has 0 aromatic heterocycles. The van der Waals surface area contributed by atoms with Crippen LogP contribution in [0.3, 0.4) is 0 Å². The van der Waals surface area contributed by atoms with Gasteiger partial charge in [-0.1, -0.05) is 24.3 Å². The first kappa shape index (κ1) is 19.7. The number of amides is 1. The number of alkyl halides is 2. The van der Waals surface area contributed by atoms with E-state index in [9.17, 15) is 13.6 Å². The fourth-order valence-corrected chi connectivity index (χ4v) is 2.62. The van der Waals surface area contributed by atoms with Crippen molar-refractivity contribution in [1.29, 1.82) is 0 Å². The van der Waals surface area contributed by atoms with Gasteiger partial charge in [0.15, 0.2) is 0 Å². The van der Waals surface area contributed by atoms with E-state index < -0.39 is 6.61 Å². The molecule has 2 aromatic rings. The Morgan fingerprint density at radius 1 is 1.15 bits per heavy atom. The van der Waals surface area contributed by atoms with Gasteiger partial charge in [0.05, 0.1) is 13.2 Å². The lowest BCUT2D eigenvalue weighted by molar-refractivity contribution is -0.0498. The highest BCUT2D eigenvalue weighted by atomic mass is 19.3. The van der Waals surface area contributed by atoms with Crippen LogP contribution in [0.15, 0.2) is 48.5 Å². The molecule has 0 radical (unpaired) electrons. The molecule has 0 fully saturated rings.